The van der Waals surface area contributed by atoms with Crippen molar-refractivity contribution in [2.75, 3.05) is 6.54 Å². The molecule has 1 aromatic carbocycles. The molecule has 0 saturated heterocycles. The van der Waals surface area contributed by atoms with Gasteiger partial charge in [0.05, 0.1) is 0 Å². The van der Waals surface area contributed by atoms with E-state index >= 15 is 0 Å². The van der Waals surface area contributed by atoms with Crippen LogP contribution in [-0.2, 0) is 0 Å². The normalized spacial score (nSPS) is 22.7. The van der Waals surface area contributed by atoms with Crippen LogP contribution in [0.15, 0.2) is 24.3 Å². The summed E-state index contributed by atoms with van der Waals surface area (Å²) in [5, 5.41) is 13.1. The predicted octanol–water partition coefficient (Wildman–Crippen LogP) is 3.62. The first-order valence-electron chi connectivity index (χ1n) is 7.26. The summed E-state index contributed by atoms with van der Waals surface area (Å²) in [6.45, 7) is 3.40. The molecule has 0 bridgehead atoms. The molecule has 0 radical (unpaired) electrons. The van der Waals surface area contributed by atoms with E-state index in [0.717, 1.165) is 12.3 Å². The summed E-state index contributed by atoms with van der Waals surface area (Å²) in [6.07, 6.45) is 6.87. The van der Waals surface area contributed by atoms with Gasteiger partial charge in [0.15, 0.2) is 0 Å². The number of benzene rings is 1. The van der Waals surface area contributed by atoms with Gasteiger partial charge in [-0.25, -0.2) is 0 Å². The molecular weight excluding hydrogens is 222 g/mol. The second-order valence-corrected chi connectivity index (χ2v) is 6.07. The van der Waals surface area contributed by atoms with Crippen molar-refractivity contribution in [2.45, 2.75) is 45.1 Å². The fourth-order valence-corrected chi connectivity index (χ4v) is 3.12. The lowest BCUT2D eigenvalue weighted by molar-refractivity contribution is 0.370. The smallest absolute Gasteiger partial charge is 0.115 e. The van der Waals surface area contributed by atoms with Crippen LogP contribution >= 0.6 is 0 Å². The van der Waals surface area contributed by atoms with Crippen LogP contribution in [0.3, 0.4) is 0 Å². The summed E-state index contributed by atoms with van der Waals surface area (Å²) in [7, 11) is 0. The molecule has 2 fully saturated rings. The molecule has 2 nitrogen and oxygen atoms in total. The second-order valence-electron chi connectivity index (χ2n) is 6.07. The average Bonchev–Trinajstić information content (AvgIpc) is 3.25. The van der Waals surface area contributed by atoms with Gasteiger partial charge in [0.25, 0.3) is 0 Å². The van der Waals surface area contributed by atoms with Crippen molar-refractivity contribution in [3.63, 3.8) is 0 Å². The molecule has 18 heavy (non-hydrogen) atoms. The van der Waals surface area contributed by atoms with Gasteiger partial charge in [-0.05, 0) is 61.1 Å². The highest BCUT2D eigenvalue weighted by Gasteiger charge is 2.53. The zero-order chi connectivity index (χ0) is 12.6. The number of nitrogens with one attached hydrogen (secondary N) is 1. The zero-order valence-corrected chi connectivity index (χ0v) is 11.2. The van der Waals surface area contributed by atoms with Gasteiger partial charge in [0.1, 0.15) is 5.75 Å². The molecule has 98 valence electrons. The van der Waals surface area contributed by atoms with Crippen molar-refractivity contribution in [3.8, 4) is 5.75 Å². The number of phenols is 1. The molecule has 2 aliphatic rings. The number of rotatable bonds is 6. The molecule has 1 unspecified atom stereocenters. The Morgan fingerprint density at radius 3 is 2.44 bits per heavy atom. The summed E-state index contributed by atoms with van der Waals surface area (Å²) < 4.78 is 0. The molecule has 0 heterocycles. The van der Waals surface area contributed by atoms with E-state index in [1.807, 2.05) is 12.1 Å². The number of hydrogen-bond acceptors (Lipinski definition) is 2. The van der Waals surface area contributed by atoms with Gasteiger partial charge in [0.2, 0.25) is 0 Å². The van der Waals surface area contributed by atoms with E-state index in [1.54, 1.807) is 12.1 Å². The van der Waals surface area contributed by atoms with E-state index in [-0.39, 0.29) is 0 Å². The largest absolute Gasteiger partial charge is 0.508 e. The lowest BCUT2D eigenvalue weighted by atomic mass is 9.98. The molecule has 2 aliphatic carbocycles. The Balaban J connectivity index is 1.60. The van der Waals surface area contributed by atoms with Crippen LogP contribution in [0.2, 0.25) is 0 Å². The standard InChI is InChI=1S/C16H23NO/c1-2-15(12-3-7-14(18)8-4-12)17-11-16(9-10-16)13-5-6-13/h3-4,7-8,13,15,17-18H,2,5-6,9-11H2,1H3. The van der Waals surface area contributed by atoms with Crippen molar-refractivity contribution in [3.05, 3.63) is 29.8 Å². The summed E-state index contributed by atoms with van der Waals surface area (Å²) in [4.78, 5) is 0. The summed E-state index contributed by atoms with van der Waals surface area (Å²) >= 11 is 0. The summed E-state index contributed by atoms with van der Waals surface area (Å²) in [6, 6.07) is 8.07. The van der Waals surface area contributed by atoms with Gasteiger partial charge in [-0.3, -0.25) is 0 Å². The topological polar surface area (TPSA) is 32.3 Å². The summed E-state index contributed by atoms with van der Waals surface area (Å²) in [5.74, 6) is 1.37. The third-order valence-corrected chi connectivity index (χ3v) is 4.74. The van der Waals surface area contributed by atoms with E-state index in [0.29, 0.717) is 17.2 Å². The highest BCUT2D eigenvalue weighted by Crippen LogP contribution is 2.61. The zero-order valence-electron chi connectivity index (χ0n) is 11.2. The van der Waals surface area contributed by atoms with E-state index in [2.05, 4.69) is 12.2 Å². The van der Waals surface area contributed by atoms with Crippen LogP contribution in [0.4, 0.5) is 0 Å². The van der Waals surface area contributed by atoms with E-state index in [1.165, 1.54) is 37.8 Å². The molecule has 2 heteroatoms. The first-order valence-corrected chi connectivity index (χ1v) is 7.26. The quantitative estimate of drug-likeness (QED) is 0.802. The van der Waals surface area contributed by atoms with Gasteiger partial charge in [-0.15, -0.1) is 0 Å². The van der Waals surface area contributed by atoms with E-state index in [4.69, 9.17) is 0 Å². The lowest BCUT2D eigenvalue weighted by Gasteiger charge is -2.22. The van der Waals surface area contributed by atoms with Crippen molar-refractivity contribution < 1.29 is 5.11 Å². The molecule has 0 amide bonds. The Morgan fingerprint density at radius 2 is 1.94 bits per heavy atom. The molecule has 0 aliphatic heterocycles. The molecule has 0 aromatic heterocycles. The maximum atomic E-state index is 9.34. The summed E-state index contributed by atoms with van der Waals surface area (Å²) in [5.41, 5.74) is 1.95. The van der Waals surface area contributed by atoms with Gasteiger partial charge in [-0.1, -0.05) is 19.1 Å². The Labute approximate surface area is 109 Å². The molecular formula is C16H23NO. The molecule has 2 saturated carbocycles. The highest BCUT2D eigenvalue weighted by molar-refractivity contribution is 5.28. The van der Waals surface area contributed by atoms with Gasteiger partial charge < -0.3 is 10.4 Å². The van der Waals surface area contributed by atoms with Gasteiger partial charge in [-0.2, -0.15) is 0 Å². The van der Waals surface area contributed by atoms with Crippen LogP contribution in [0.1, 0.15) is 50.6 Å². The van der Waals surface area contributed by atoms with Gasteiger partial charge >= 0.3 is 0 Å². The van der Waals surface area contributed by atoms with Crippen molar-refractivity contribution in [1.82, 2.24) is 5.32 Å². The number of aromatic hydroxyl groups is 1. The SMILES string of the molecule is CCC(NCC1(C2CC2)CC1)c1ccc(O)cc1. The van der Waals surface area contributed by atoms with Crippen molar-refractivity contribution in [1.29, 1.82) is 0 Å². The van der Waals surface area contributed by atoms with E-state index < -0.39 is 0 Å². The minimum absolute atomic E-state index is 0.352. The van der Waals surface area contributed by atoms with Crippen LogP contribution in [0, 0.1) is 11.3 Å². The molecule has 0 spiro atoms. The minimum atomic E-state index is 0.352. The van der Waals surface area contributed by atoms with Crippen molar-refractivity contribution >= 4 is 0 Å². The first kappa shape index (κ1) is 12.0. The van der Waals surface area contributed by atoms with Crippen LogP contribution < -0.4 is 5.32 Å². The average molecular weight is 245 g/mol. The van der Waals surface area contributed by atoms with Crippen LogP contribution in [0.25, 0.3) is 0 Å². The van der Waals surface area contributed by atoms with Crippen molar-refractivity contribution in [2.24, 2.45) is 11.3 Å². The molecule has 3 rings (SSSR count). The fourth-order valence-electron chi connectivity index (χ4n) is 3.12. The monoisotopic (exact) mass is 245 g/mol. The maximum absolute atomic E-state index is 9.34. The number of hydrogen-bond donors (Lipinski definition) is 2. The Bertz CT molecular complexity index is 404. The predicted molar refractivity (Wildman–Crippen MR) is 73.5 cm³/mol. The third-order valence-electron chi connectivity index (χ3n) is 4.74. The molecule has 1 aromatic rings. The Kier molecular flexibility index (Phi) is 3.06. The second kappa shape index (κ2) is 4.58. The number of phenolic OH excluding ortho intramolecular Hbond substituents is 1. The maximum Gasteiger partial charge on any atom is 0.115 e. The Morgan fingerprint density at radius 1 is 1.28 bits per heavy atom. The minimum Gasteiger partial charge on any atom is -0.508 e. The third kappa shape index (κ3) is 2.39. The molecule has 1 atom stereocenters. The van der Waals surface area contributed by atoms with Crippen LogP contribution in [0.5, 0.6) is 5.75 Å². The van der Waals surface area contributed by atoms with Crippen LogP contribution in [-0.4, -0.2) is 11.7 Å². The van der Waals surface area contributed by atoms with Gasteiger partial charge in [0, 0.05) is 12.6 Å². The Hall–Kier alpha value is -1.02. The molecule has 2 N–H and O–H groups in total. The highest BCUT2D eigenvalue weighted by atomic mass is 16.3. The lowest BCUT2D eigenvalue weighted by Crippen LogP contribution is -2.29. The fraction of sp³-hybridized carbons (Fsp3) is 0.625. The van der Waals surface area contributed by atoms with E-state index in [9.17, 15) is 5.11 Å². The first-order chi connectivity index (χ1) is 8.73.